The van der Waals surface area contributed by atoms with Gasteiger partial charge in [-0.25, -0.2) is 4.99 Å². The summed E-state index contributed by atoms with van der Waals surface area (Å²) in [5.74, 6) is -0.333. The standard InChI is InChI=1S/C20H16N4O3S/c1-12(19(25)21-14-8-2-3-11-17(14)24(26)27)28-20-22-15-9-4-6-13-7-5-10-16(23-20)18(13)15/h2-12H,1H3,(H,21,25)(H,22,23)/t12-/m0/s1. The van der Waals surface area contributed by atoms with Gasteiger partial charge in [-0.1, -0.05) is 48.2 Å². The van der Waals surface area contributed by atoms with Gasteiger partial charge in [0, 0.05) is 11.5 Å². The summed E-state index contributed by atoms with van der Waals surface area (Å²) in [7, 11) is 0. The highest BCUT2D eigenvalue weighted by Crippen LogP contribution is 2.37. The van der Waals surface area contributed by atoms with Crippen LogP contribution in [0.4, 0.5) is 22.7 Å². The third-order valence-electron chi connectivity index (χ3n) is 4.36. The van der Waals surface area contributed by atoms with Crippen molar-refractivity contribution in [1.82, 2.24) is 0 Å². The number of rotatable bonds is 4. The molecule has 28 heavy (non-hydrogen) atoms. The first-order valence-electron chi connectivity index (χ1n) is 8.61. The summed E-state index contributed by atoms with van der Waals surface area (Å²) in [5, 5.41) is 19.3. The quantitative estimate of drug-likeness (QED) is 0.485. The maximum Gasteiger partial charge on any atom is 0.292 e. The molecule has 1 atom stereocenters. The van der Waals surface area contributed by atoms with Gasteiger partial charge in [0.05, 0.1) is 21.5 Å². The van der Waals surface area contributed by atoms with Gasteiger partial charge in [0.25, 0.3) is 5.69 Å². The molecule has 1 aliphatic heterocycles. The van der Waals surface area contributed by atoms with Crippen LogP contribution in [0.15, 0.2) is 65.7 Å². The Bertz CT molecular complexity index is 1120. The van der Waals surface area contributed by atoms with Crippen molar-refractivity contribution in [2.24, 2.45) is 4.99 Å². The van der Waals surface area contributed by atoms with Gasteiger partial charge in [0.15, 0.2) is 5.17 Å². The summed E-state index contributed by atoms with van der Waals surface area (Å²) < 4.78 is 0. The zero-order valence-corrected chi connectivity index (χ0v) is 15.7. The van der Waals surface area contributed by atoms with Gasteiger partial charge in [-0.3, -0.25) is 14.9 Å². The van der Waals surface area contributed by atoms with E-state index in [0.29, 0.717) is 5.17 Å². The minimum Gasteiger partial charge on any atom is -0.334 e. The first-order valence-corrected chi connectivity index (χ1v) is 9.49. The molecule has 0 saturated heterocycles. The fraction of sp³-hybridized carbons (Fsp3) is 0.100. The molecule has 0 unspecified atom stereocenters. The normalized spacial score (nSPS) is 13.4. The van der Waals surface area contributed by atoms with Gasteiger partial charge < -0.3 is 10.6 Å². The number of nitrogens with one attached hydrogen (secondary N) is 2. The molecule has 0 saturated carbocycles. The Labute approximate surface area is 165 Å². The Morgan fingerprint density at radius 2 is 1.89 bits per heavy atom. The second-order valence-electron chi connectivity index (χ2n) is 6.25. The Balaban J connectivity index is 1.52. The molecule has 7 nitrogen and oxygen atoms in total. The van der Waals surface area contributed by atoms with E-state index in [-0.39, 0.29) is 17.3 Å². The molecule has 0 spiro atoms. The van der Waals surface area contributed by atoms with Crippen molar-refractivity contribution >= 4 is 56.4 Å². The van der Waals surface area contributed by atoms with Crippen LogP contribution in [0.1, 0.15) is 6.92 Å². The third-order valence-corrected chi connectivity index (χ3v) is 5.35. The van der Waals surface area contributed by atoms with Gasteiger partial charge >= 0.3 is 0 Å². The highest BCUT2D eigenvalue weighted by molar-refractivity contribution is 8.15. The minimum atomic E-state index is -0.516. The van der Waals surface area contributed by atoms with E-state index in [0.717, 1.165) is 22.1 Å². The number of benzene rings is 3. The summed E-state index contributed by atoms with van der Waals surface area (Å²) in [6.45, 7) is 1.74. The predicted octanol–water partition coefficient (Wildman–Crippen LogP) is 4.92. The van der Waals surface area contributed by atoms with Gasteiger partial charge in [0.1, 0.15) is 5.69 Å². The van der Waals surface area contributed by atoms with Crippen LogP contribution in [0.25, 0.3) is 10.8 Å². The number of carbonyl (C=O) groups is 1. The van der Waals surface area contributed by atoms with E-state index < -0.39 is 10.2 Å². The van der Waals surface area contributed by atoms with E-state index >= 15 is 0 Å². The van der Waals surface area contributed by atoms with Crippen LogP contribution >= 0.6 is 11.8 Å². The van der Waals surface area contributed by atoms with Crippen LogP contribution in [0.5, 0.6) is 0 Å². The second kappa shape index (κ2) is 7.32. The molecule has 140 valence electrons. The molecule has 1 amide bonds. The largest absolute Gasteiger partial charge is 0.334 e. The number of nitrogens with zero attached hydrogens (tertiary/aromatic N) is 2. The maximum atomic E-state index is 12.6. The lowest BCUT2D eigenvalue weighted by molar-refractivity contribution is -0.383. The minimum absolute atomic E-state index is 0.137. The van der Waals surface area contributed by atoms with Gasteiger partial charge in [-0.05, 0) is 30.5 Å². The molecule has 0 aromatic heterocycles. The number of amides is 1. The van der Waals surface area contributed by atoms with Gasteiger partial charge in [-0.2, -0.15) is 0 Å². The topological polar surface area (TPSA) is 96.6 Å². The third kappa shape index (κ3) is 3.41. The van der Waals surface area contributed by atoms with E-state index in [1.807, 2.05) is 36.4 Å². The van der Waals surface area contributed by atoms with Crippen LogP contribution < -0.4 is 10.6 Å². The maximum absolute atomic E-state index is 12.6. The van der Waals surface area contributed by atoms with Crippen LogP contribution in [0.2, 0.25) is 0 Å². The Kier molecular flexibility index (Phi) is 4.70. The van der Waals surface area contributed by atoms with Crippen LogP contribution in [0, 0.1) is 10.1 Å². The van der Waals surface area contributed by atoms with Crippen LogP contribution in [0.3, 0.4) is 0 Å². The number of para-hydroxylation sites is 2. The first kappa shape index (κ1) is 18.0. The Morgan fingerprint density at radius 1 is 1.14 bits per heavy atom. The Morgan fingerprint density at radius 3 is 2.68 bits per heavy atom. The van der Waals surface area contributed by atoms with Crippen molar-refractivity contribution in [3.8, 4) is 0 Å². The number of nitro groups is 1. The van der Waals surface area contributed by atoms with E-state index in [2.05, 4.69) is 15.6 Å². The summed E-state index contributed by atoms with van der Waals surface area (Å²) in [4.78, 5) is 27.8. The van der Waals surface area contributed by atoms with E-state index in [4.69, 9.17) is 0 Å². The number of nitro benzene ring substituents is 1. The van der Waals surface area contributed by atoms with Crippen molar-refractivity contribution in [2.75, 3.05) is 10.6 Å². The molecule has 0 fully saturated rings. The lowest BCUT2D eigenvalue weighted by atomic mass is 10.1. The number of hydrogen-bond acceptors (Lipinski definition) is 6. The smallest absolute Gasteiger partial charge is 0.292 e. The van der Waals surface area contributed by atoms with E-state index in [1.165, 1.54) is 23.9 Å². The molecule has 4 rings (SSSR count). The highest BCUT2D eigenvalue weighted by Gasteiger charge is 2.23. The number of anilines is 2. The van der Waals surface area contributed by atoms with E-state index in [1.54, 1.807) is 19.1 Å². The summed E-state index contributed by atoms with van der Waals surface area (Å²) in [6, 6.07) is 18.0. The number of aliphatic imine (C=N–C) groups is 1. The molecule has 3 aromatic carbocycles. The predicted molar refractivity (Wildman–Crippen MR) is 113 cm³/mol. The number of thioether (sulfide) groups is 1. The van der Waals surface area contributed by atoms with Gasteiger partial charge in [0.2, 0.25) is 5.91 Å². The highest BCUT2D eigenvalue weighted by atomic mass is 32.2. The molecule has 0 radical (unpaired) electrons. The number of carbonyl (C=O) groups excluding carboxylic acids is 1. The Hall–Kier alpha value is -3.39. The van der Waals surface area contributed by atoms with Gasteiger partial charge in [-0.15, -0.1) is 0 Å². The first-order chi connectivity index (χ1) is 13.5. The number of hydrogen-bond donors (Lipinski definition) is 2. The van der Waals surface area contributed by atoms with Crippen molar-refractivity contribution in [2.45, 2.75) is 12.2 Å². The molecule has 1 heterocycles. The van der Waals surface area contributed by atoms with Crippen LogP contribution in [-0.4, -0.2) is 21.2 Å². The molecule has 0 bridgehead atoms. The number of amidine groups is 1. The molecule has 0 aliphatic carbocycles. The monoisotopic (exact) mass is 392 g/mol. The molecule has 2 N–H and O–H groups in total. The second-order valence-corrected chi connectivity index (χ2v) is 7.58. The summed E-state index contributed by atoms with van der Waals surface area (Å²) in [6.07, 6.45) is 0. The zero-order valence-electron chi connectivity index (χ0n) is 14.9. The molecule has 3 aromatic rings. The molecule has 1 aliphatic rings. The van der Waals surface area contributed by atoms with Crippen molar-refractivity contribution in [1.29, 1.82) is 0 Å². The molecular formula is C20H16N4O3S. The lowest BCUT2D eigenvalue weighted by Crippen LogP contribution is -2.26. The molecular weight excluding hydrogens is 376 g/mol. The van der Waals surface area contributed by atoms with Crippen molar-refractivity contribution in [3.63, 3.8) is 0 Å². The van der Waals surface area contributed by atoms with Crippen molar-refractivity contribution < 1.29 is 9.72 Å². The van der Waals surface area contributed by atoms with Crippen LogP contribution in [-0.2, 0) is 4.79 Å². The lowest BCUT2D eigenvalue weighted by Gasteiger charge is -2.20. The average Bonchev–Trinajstić information content (AvgIpc) is 2.68. The fourth-order valence-electron chi connectivity index (χ4n) is 3.02. The van der Waals surface area contributed by atoms with E-state index in [9.17, 15) is 14.9 Å². The fourth-order valence-corrected chi connectivity index (χ4v) is 3.84. The zero-order chi connectivity index (χ0) is 19.7. The molecule has 8 heteroatoms. The SMILES string of the molecule is C[C@H](SC1=Nc2cccc3cccc(c23)N1)C(=O)Nc1ccccc1[N+](=O)[O-]. The summed E-state index contributed by atoms with van der Waals surface area (Å²) >= 11 is 1.27. The van der Waals surface area contributed by atoms with Crippen molar-refractivity contribution in [3.05, 3.63) is 70.8 Å². The summed E-state index contributed by atoms with van der Waals surface area (Å²) in [5.41, 5.74) is 1.83. The average molecular weight is 392 g/mol.